The molecule has 1 aromatic heterocycles. The van der Waals surface area contributed by atoms with E-state index < -0.39 is 0 Å². The van der Waals surface area contributed by atoms with E-state index in [1.807, 2.05) is 4.68 Å². The molecule has 1 aliphatic carbocycles. The summed E-state index contributed by atoms with van der Waals surface area (Å²) in [6.45, 7) is 8.77. The summed E-state index contributed by atoms with van der Waals surface area (Å²) in [6.07, 6.45) is 6.60. The third-order valence-electron chi connectivity index (χ3n) is 3.44. The molecule has 1 N–H and O–H groups in total. The van der Waals surface area contributed by atoms with Gasteiger partial charge in [-0.25, -0.2) is 4.98 Å². The second kappa shape index (κ2) is 5.17. The smallest absolute Gasteiger partial charge is 0.138 e. The van der Waals surface area contributed by atoms with Crippen LogP contribution in [0.4, 0.5) is 0 Å². The van der Waals surface area contributed by atoms with Crippen molar-refractivity contribution < 1.29 is 0 Å². The van der Waals surface area contributed by atoms with Crippen LogP contribution in [-0.2, 0) is 13.0 Å². The lowest BCUT2D eigenvalue weighted by Crippen LogP contribution is -2.26. The average Bonchev–Trinajstić information content (AvgIpc) is 2.97. The number of nitrogens with one attached hydrogen (secondary N) is 1. The Morgan fingerprint density at radius 1 is 1.47 bits per heavy atom. The second-order valence-corrected chi connectivity index (χ2v) is 5.81. The van der Waals surface area contributed by atoms with Crippen LogP contribution in [0.15, 0.2) is 6.33 Å². The minimum atomic E-state index is 0.293. The van der Waals surface area contributed by atoms with Crippen molar-refractivity contribution in [2.45, 2.75) is 59.0 Å². The van der Waals surface area contributed by atoms with Gasteiger partial charge < -0.3 is 5.32 Å². The van der Waals surface area contributed by atoms with Crippen LogP contribution in [0, 0.1) is 5.41 Å². The summed E-state index contributed by atoms with van der Waals surface area (Å²) < 4.78 is 2.00. The van der Waals surface area contributed by atoms with E-state index in [9.17, 15) is 0 Å². The van der Waals surface area contributed by atoms with Gasteiger partial charge >= 0.3 is 0 Å². The van der Waals surface area contributed by atoms with Crippen molar-refractivity contribution in [3.05, 3.63) is 12.2 Å². The fourth-order valence-corrected chi connectivity index (χ4v) is 2.11. The van der Waals surface area contributed by atoms with Gasteiger partial charge in [0.25, 0.3) is 0 Å². The molecule has 0 aromatic carbocycles. The minimum Gasteiger partial charge on any atom is -0.314 e. The zero-order valence-electron chi connectivity index (χ0n) is 11.2. The highest BCUT2D eigenvalue weighted by Crippen LogP contribution is 2.25. The van der Waals surface area contributed by atoms with Crippen molar-refractivity contribution in [3.63, 3.8) is 0 Å². The van der Waals surface area contributed by atoms with Gasteiger partial charge in [-0.15, -0.1) is 0 Å². The molecule has 4 heteroatoms. The molecule has 1 aromatic rings. The summed E-state index contributed by atoms with van der Waals surface area (Å²) >= 11 is 0. The molecule has 0 saturated heterocycles. The first kappa shape index (κ1) is 12.6. The minimum absolute atomic E-state index is 0.293. The van der Waals surface area contributed by atoms with Crippen LogP contribution >= 0.6 is 0 Å². The molecule has 0 bridgehead atoms. The highest BCUT2D eigenvalue weighted by molar-refractivity contribution is 4.91. The summed E-state index contributed by atoms with van der Waals surface area (Å²) in [4.78, 5) is 4.36. The van der Waals surface area contributed by atoms with E-state index in [0.717, 1.165) is 31.4 Å². The Balaban J connectivity index is 1.82. The molecule has 0 aliphatic heterocycles. The molecule has 4 nitrogen and oxygen atoms in total. The van der Waals surface area contributed by atoms with E-state index in [0.29, 0.717) is 5.41 Å². The summed E-state index contributed by atoms with van der Waals surface area (Å²) in [5.74, 6) is 1.11. The first-order valence-corrected chi connectivity index (χ1v) is 6.71. The van der Waals surface area contributed by atoms with Crippen molar-refractivity contribution >= 4 is 0 Å². The highest BCUT2D eigenvalue weighted by Gasteiger charge is 2.24. The third kappa shape index (κ3) is 3.80. The molecule has 0 radical (unpaired) electrons. The molecule has 2 rings (SSSR count). The number of aromatic nitrogens is 3. The maximum absolute atomic E-state index is 4.36. The van der Waals surface area contributed by atoms with Gasteiger partial charge in [-0.2, -0.15) is 5.10 Å². The van der Waals surface area contributed by atoms with E-state index in [1.165, 1.54) is 19.3 Å². The monoisotopic (exact) mass is 236 g/mol. The first-order valence-electron chi connectivity index (χ1n) is 6.71. The number of hydrogen-bond donors (Lipinski definition) is 1. The van der Waals surface area contributed by atoms with Gasteiger partial charge in [0.05, 0.1) is 0 Å². The molecular formula is C13H24N4. The normalized spacial score (nSPS) is 16.4. The van der Waals surface area contributed by atoms with Crippen LogP contribution in [0.25, 0.3) is 0 Å². The Hall–Kier alpha value is -0.900. The second-order valence-electron chi connectivity index (χ2n) is 5.81. The van der Waals surface area contributed by atoms with E-state index in [2.05, 4.69) is 36.2 Å². The molecule has 1 aliphatic rings. The van der Waals surface area contributed by atoms with Gasteiger partial charge in [0, 0.05) is 19.0 Å². The van der Waals surface area contributed by atoms with Gasteiger partial charge in [-0.05, 0) is 38.1 Å². The van der Waals surface area contributed by atoms with Crippen LogP contribution < -0.4 is 5.32 Å². The van der Waals surface area contributed by atoms with Crippen LogP contribution in [0.1, 0.15) is 45.9 Å². The van der Waals surface area contributed by atoms with E-state index >= 15 is 0 Å². The molecule has 1 fully saturated rings. The quantitative estimate of drug-likeness (QED) is 0.787. The molecular weight excluding hydrogens is 212 g/mol. The van der Waals surface area contributed by atoms with E-state index in [1.54, 1.807) is 6.33 Å². The van der Waals surface area contributed by atoms with Crippen LogP contribution in [0.3, 0.4) is 0 Å². The predicted octanol–water partition coefficient (Wildman–Crippen LogP) is 2.01. The zero-order valence-corrected chi connectivity index (χ0v) is 11.2. The molecule has 1 saturated carbocycles. The van der Waals surface area contributed by atoms with E-state index in [4.69, 9.17) is 0 Å². The Morgan fingerprint density at radius 2 is 2.24 bits per heavy atom. The maximum Gasteiger partial charge on any atom is 0.138 e. The fourth-order valence-electron chi connectivity index (χ4n) is 2.11. The molecule has 1 heterocycles. The summed E-state index contributed by atoms with van der Waals surface area (Å²) in [5, 5.41) is 7.81. The molecule has 0 amide bonds. The largest absolute Gasteiger partial charge is 0.314 e. The Labute approximate surface area is 104 Å². The Kier molecular flexibility index (Phi) is 3.82. The molecule has 17 heavy (non-hydrogen) atoms. The number of nitrogens with zero attached hydrogens (tertiary/aromatic N) is 3. The Bertz CT molecular complexity index is 352. The van der Waals surface area contributed by atoms with Gasteiger partial charge in [-0.1, -0.05) is 13.8 Å². The van der Waals surface area contributed by atoms with Crippen LogP contribution in [0.5, 0.6) is 0 Å². The van der Waals surface area contributed by atoms with Crippen LogP contribution in [0.2, 0.25) is 0 Å². The fraction of sp³-hybridized carbons (Fsp3) is 0.846. The summed E-state index contributed by atoms with van der Waals surface area (Å²) in [5.41, 5.74) is 0.293. The predicted molar refractivity (Wildman–Crippen MR) is 68.8 cm³/mol. The van der Waals surface area contributed by atoms with E-state index in [-0.39, 0.29) is 0 Å². The lowest BCUT2D eigenvalue weighted by atomic mass is 9.85. The maximum atomic E-state index is 4.36. The van der Waals surface area contributed by atoms with Gasteiger partial charge in [0.1, 0.15) is 12.2 Å². The third-order valence-corrected chi connectivity index (χ3v) is 3.44. The standard InChI is InChI=1S/C13H24N4/c1-4-17-12(15-10-16-17)9-13(2,3)7-8-14-11-5-6-11/h10-11,14H,4-9H2,1-3H3. The molecule has 0 unspecified atom stereocenters. The molecule has 0 atom stereocenters. The van der Waals surface area contributed by atoms with Crippen molar-refractivity contribution in [1.82, 2.24) is 20.1 Å². The number of aryl methyl sites for hydroxylation is 1. The SMILES string of the molecule is CCn1ncnc1CC(C)(C)CCNC1CC1. The van der Waals surface area contributed by atoms with Gasteiger partial charge in [0.15, 0.2) is 0 Å². The summed E-state index contributed by atoms with van der Waals surface area (Å²) in [7, 11) is 0. The average molecular weight is 236 g/mol. The molecule has 96 valence electrons. The topological polar surface area (TPSA) is 42.7 Å². The molecule has 0 spiro atoms. The number of rotatable bonds is 7. The van der Waals surface area contributed by atoms with Crippen molar-refractivity contribution in [3.8, 4) is 0 Å². The summed E-state index contributed by atoms with van der Waals surface area (Å²) in [6, 6.07) is 0.810. The zero-order chi connectivity index (χ0) is 12.3. The number of hydrogen-bond acceptors (Lipinski definition) is 3. The van der Waals surface area contributed by atoms with Crippen molar-refractivity contribution in [1.29, 1.82) is 0 Å². The highest BCUT2D eigenvalue weighted by atomic mass is 15.3. The van der Waals surface area contributed by atoms with Gasteiger partial charge in [0.2, 0.25) is 0 Å². The van der Waals surface area contributed by atoms with Gasteiger partial charge in [-0.3, -0.25) is 4.68 Å². The van der Waals surface area contributed by atoms with Crippen molar-refractivity contribution in [2.24, 2.45) is 5.41 Å². The first-order chi connectivity index (χ1) is 8.11. The lowest BCUT2D eigenvalue weighted by Gasteiger charge is -2.24. The van der Waals surface area contributed by atoms with Crippen LogP contribution in [-0.4, -0.2) is 27.4 Å². The Morgan fingerprint density at radius 3 is 2.88 bits per heavy atom. The lowest BCUT2D eigenvalue weighted by molar-refractivity contribution is 0.312. The van der Waals surface area contributed by atoms with Crippen molar-refractivity contribution in [2.75, 3.05) is 6.54 Å².